The molecule has 1 aromatic rings. The van der Waals surface area contributed by atoms with E-state index < -0.39 is 23.4 Å². The molecule has 1 heterocycles. The summed E-state index contributed by atoms with van der Waals surface area (Å²) in [5.74, 6) is -3.39. The second kappa shape index (κ2) is 7.25. The van der Waals surface area contributed by atoms with Crippen molar-refractivity contribution in [2.24, 2.45) is 0 Å². The van der Waals surface area contributed by atoms with Gasteiger partial charge in [0.2, 0.25) is 0 Å². The standard InChI is InChI=1S/C17H21F2N3O2/c18-11-5-6-15(14(19)9-11)21-17(24)16(23)20-12-7-8-22(10-12)13-3-1-2-4-13/h5-6,9,12-13H,1-4,7-8,10H2,(H,20,23)(H,21,24)/t12-/m1/s1. The summed E-state index contributed by atoms with van der Waals surface area (Å²) < 4.78 is 26.4. The van der Waals surface area contributed by atoms with Crippen molar-refractivity contribution in [3.05, 3.63) is 29.8 Å². The molecule has 3 rings (SSSR count). The quantitative estimate of drug-likeness (QED) is 0.830. The Morgan fingerprint density at radius 3 is 2.54 bits per heavy atom. The Kier molecular flexibility index (Phi) is 5.08. The lowest BCUT2D eigenvalue weighted by Gasteiger charge is -2.23. The van der Waals surface area contributed by atoms with Crippen LogP contribution in [0.15, 0.2) is 18.2 Å². The molecule has 2 amide bonds. The SMILES string of the molecule is O=C(Nc1ccc(F)cc1F)C(=O)N[C@@H]1CCN(C2CCCC2)C1. The van der Waals surface area contributed by atoms with Gasteiger partial charge in [0.25, 0.3) is 0 Å². The Balaban J connectivity index is 1.50. The van der Waals surface area contributed by atoms with Crippen molar-refractivity contribution in [1.82, 2.24) is 10.2 Å². The van der Waals surface area contributed by atoms with Gasteiger partial charge in [-0.25, -0.2) is 8.78 Å². The molecule has 2 N–H and O–H groups in total. The maximum absolute atomic E-state index is 13.5. The predicted octanol–water partition coefficient (Wildman–Crippen LogP) is 2.04. The van der Waals surface area contributed by atoms with E-state index in [4.69, 9.17) is 0 Å². The van der Waals surface area contributed by atoms with Crippen molar-refractivity contribution in [2.45, 2.75) is 44.2 Å². The van der Waals surface area contributed by atoms with E-state index in [1.807, 2.05) is 0 Å². The Morgan fingerprint density at radius 2 is 1.83 bits per heavy atom. The van der Waals surface area contributed by atoms with Crippen LogP contribution in [0, 0.1) is 11.6 Å². The molecular weight excluding hydrogens is 316 g/mol. The van der Waals surface area contributed by atoms with Crippen molar-refractivity contribution in [3.63, 3.8) is 0 Å². The highest BCUT2D eigenvalue weighted by atomic mass is 19.1. The maximum atomic E-state index is 13.5. The summed E-state index contributed by atoms with van der Waals surface area (Å²) in [6.07, 6.45) is 5.71. The average molecular weight is 337 g/mol. The van der Waals surface area contributed by atoms with Crippen molar-refractivity contribution in [1.29, 1.82) is 0 Å². The molecule has 5 nitrogen and oxygen atoms in total. The van der Waals surface area contributed by atoms with Gasteiger partial charge in [-0.15, -0.1) is 0 Å². The van der Waals surface area contributed by atoms with Crippen LogP contribution in [0.3, 0.4) is 0 Å². The molecule has 2 fully saturated rings. The smallest absolute Gasteiger partial charge is 0.313 e. The summed E-state index contributed by atoms with van der Waals surface area (Å²) in [5.41, 5.74) is -0.212. The van der Waals surface area contributed by atoms with Gasteiger partial charge >= 0.3 is 11.8 Å². The van der Waals surface area contributed by atoms with Crippen LogP contribution < -0.4 is 10.6 Å². The summed E-state index contributed by atoms with van der Waals surface area (Å²) in [6, 6.07) is 3.29. The van der Waals surface area contributed by atoms with E-state index in [-0.39, 0.29) is 11.7 Å². The van der Waals surface area contributed by atoms with Crippen LogP contribution >= 0.6 is 0 Å². The third kappa shape index (κ3) is 3.90. The molecule has 0 spiro atoms. The molecule has 0 radical (unpaired) electrons. The zero-order chi connectivity index (χ0) is 17.1. The average Bonchev–Trinajstić information content (AvgIpc) is 3.20. The van der Waals surface area contributed by atoms with Gasteiger partial charge in [-0.1, -0.05) is 12.8 Å². The first kappa shape index (κ1) is 16.8. The Labute approximate surface area is 139 Å². The number of halogens is 2. The molecule has 1 aromatic carbocycles. The molecular formula is C17H21F2N3O2. The first-order chi connectivity index (χ1) is 11.5. The topological polar surface area (TPSA) is 61.4 Å². The van der Waals surface area contributed by atoms with Crippen molar-refractivity contribution < 1.29 is 18.4 Å². The van der Waals surface area contributed by atoms with Gasteiger partial charge in [0.05, 0.1) is 5.69 Å². The number of rotatable bonds is 3. The number of anilines is 1. The van der Waals surface area contributed by atoms with E-state index in [1.165, 1.54) is 25.7 Å². The third-order valence-electron chi connectivity index (χ3n) is 4.78. The van der Waals surface area contributed by atoms with Crippen LogP contribution in [-0.2, 0) is 9.59 Å². The Morgan fingerprint density at radius 1 is 1.08 bits per heavy atom. The minimum absolute atomic E-state index is 0.0677. The molecule has 0 bridgehead atoms. The Hall–Kier alpha value is -2.02. The zero-order valence-corrected chi connectivity index (χ0v) is 13.4. The molecule has 0 unspecified atom stereocenters. The monoisotopic (exact) mass is 337 g/mol. The lowest BCUT2D eigenvalue weighted by Crippen LogP contribution is -2.44. The minimum atomic E-state index is -0.945. The Bertz CT molecular complexity index is 632. The van der Waals surface area contributed by atoms with Crippen LogP contribution in [-0.4, -0.2) is 41.9 Å². The van der Waals surface area contributed by atoms with Gasteiger partial charge < -0.3 is 10.6 Å². The molecule has 2 aliphatic rings. The van der Waals surface area contributed by atoms with Crippen molar-refractivity contribution >= 4 is 17.5 Å². The van der Waals surface area contributed by atoms with Gasteiger partial charge in [0.15, 0.2) is 0 Å². The first-order valence-electron chi connectivity index (χ1n) is 8.34. The normalized spacial score (nSPS) is 21.8. The molecule has 1 aliphatic carbocycles. The van der Waals surface area contributed by atoms with Crippen molar-refractivity contribution in [3.8, 4) is 0 Å². The summed E-state index contributed by atoms with van der Waals surface area (Å²) in [4.78, 5) is 26.2. The number of hydrogen-bond acceptors (Lipinski definition) is 3. The molecule has 1 saturated heterocycles. The van der Waals surface area contributed by atoms with Crippen LogP contribution in [0.25, 0.3) is 0 Å². The lowest BCUT2D eigenvalue weighted by molar-refractivity contribution is -0.136. The second-order valence-electron chi connectivity index (χ2n) is 6.47. The van der Waals surface area contributed by atoms with Crippen LogP contribution in [0.2, 0.25) is 0 Å². The van der Waals surface area contributed by atoms with Gasteiger partial charge in [0, 0.05) is 31.2 Å². The molecule has 24 heavy (non-hydrogen) atoms. The number of carbonyl (C=O) groups is 2. The van der Waals surface area contributed by atoms with Gasteiger partial charge in [0.1, 0.15) is 11.6 Å². The summed E-state index contributed by atoms with van der Waals surface area (Å²) in [5, 5.41) is 4.87. The third-order valence-corrected chi connectivity index (χ3v) is 4.78. The molecule has 1 saturated carbocycles. The lowest BCUT2D eigenvalue weighted by atomic mass is 10.2. The first-order valence-corrected chi connectivity index (χ1v) is 8.34. The van der Waals surface area contributed by atoms with Crippen LogP contribution in [0.4, 0.5) is 14.5 Å². The molecule has 7 heteroatoms. The van der Waals surface area contributed by atoms with Gasteiger partial charge in [-0.05, 0) is 31.4 Å². The molecule has 1 atom stereocenters. The number of hydrogen-bond donors (Lipinski definition) is 2. The van der Waals surface area contributed by atoms with Gasteiger partial charge in [-0.3, -0.25) is 14.5 Å². The van der Waals surface area contributed by atoms with Crippen LogP contribution in [0.1, 0.15) is 32.1 Å². The molecule has 0 aromatic heterocycles. The number of nitrogens with zero attached hydrogens (tertiary/aromatic N) is 1. The maximum Gasteiger partial charge on any atom is 0.313 e. The molecule has 1 aliphatic heterocycles. The van der Waals surface area contributed by atoms with E-state index in [2.05, 4.69) is 15.5 Å². The van der Waals surface area contributed by atoms with E-state index in [0.717, 1.165) is 31.6 Å². The number of carbonyl (C=O) groups excluding carboxylic acids is 2. The largest absolute Gasteiger partial charge is 0.344 e. The fourth-order valence-corrected chi connectivity index (χ4v) is 3.53. The fourth-order valence-electron chi connectivity index (χ4n) is 3.53. The summed E-state index contributed by atoms with van der Waals surface area (Å²) >= 11 is 0. The van der Waals surface area contributed by atoms with Gasteiger partial charge in [-0.2, -0.15) is 0 Å². The van der Waals surface area contributed by atoms with E-state index >= 15 is 0 Å². The predicted molar refractivity (Wildman–Crippen MR) is 85.4 cm³/mol. The number of nitrogens with one attached hydrogen (secondary N) is 2. The van der Waals surface area contributed by atoms with E-state index in [0.29, 0.717) is 12.1 Å². The summed E-state index contributed by atoms with van der Waals surface area (Å²) in [6.45, 7) is 1.67. The highest BCUT2D eigenvalue weighted by Crippen LogP contribution is 2.26. The highest BCUT2D eigenvalue weighted by molar-refractivity contribution is 6.39. The summed E-state index contributed by atoms with van der Waals surface area (Å²) in [7, 11) is 0. The van der Waals surface area contributed by atoms with E-state index in [1.54, 1.807) is 0 Å². The fraction of sp³-hybridized carbons (Fsp3) is 0.529. The van der Waals surface area contributed by atoms with E-state index in [9.17, 15) is 18.4 Å². The minimum Gasteiger partial charge on any atom is -0.344 e. The second-order valence-corrected chi connectivity index (χ2v) is 6.47. The highest BCUT2D eigenvalue weighted by Gasteiger charge is 2.31. The van der Waals surface area contributed by atoms with Crippen LogP contribution in [0.5, 0.6) is 0 Å². The number of likely N-dealkylation sites (tertiary alicyclic amines) is 1. The molecule has 130 valence electrons. The van der Waals surface area contributed by atoms with Crippen molar-refractivity contribution in [2.75, 3.05) is 18.4 Å². The zero-order valence-electron chi connectivity index (χ0n) is 13.4. The number of benzene rings is 1. The number of amides is 2.